The maximum atomic E-state index is 13.9. The van der Waals surface area contributed by atoms with Gasteiger partial charge in [-0.15, -0.1) is 0 Å². The van der Waals surface area contributed by atoms with Crippen molar-refractivity contribution in [1.82, 2.24) is 9.80 Å². The summed E-state index contributed by atoms with van der Waals surface area (Å²) in [6, 6.07) is 25.8. The highest BCUT2D eigenvalue weighted by atomic mass is 16.5. The first-order valence-corrected chi connectivity index (χ1v) is 12.2. The minimum absolute atomic E-state index is 0.124. The zero-order valence-corrected chi connectivity index (χ0v) is 20.7. The van der Waals surface area contributed by atoms with Gasteiger partial charge in [-0.25, -0.2) is 9.59 Å². The highest BCUT2D eigenvalue weighted by Crippen LogP contribution is 2.32. The Balaban J connectivity index is 1.74. The fourth-order valence-corrected chi connectivity index (χ4v) is 4.72. The average molecular weight is 505 g/mol. The van der Waals surface area contributed by atoms with Gasteiger partial charge in [0.1, 0.15) is 12.2 Å². The first-order chi connectivity index (χ1) is 18.0. The number of ether oxygens (including phenoxy) is 2. The van der Waals surface area contributed by atoms with Gasteiger partial charge in [-0.2, -0.15) is 0 Å². The number of esters is 1. The van der Waals surface area contributed by atoms with E-state index in [9.17, 15) is 19.8 Å². The lowest BCUT2D eigenvalue weighted by molar-refractivity contribution is -0.151. The number of carbonyl (C=O) groups is 2. The molecule has 1 fully saturated rings. The molecular formula is C29H32N2O6. The minimum atomic E-state index is -1.34. The second-order valence-electron chi connectivity index (χ2n) is 8.98. The molecule has 0 spiro atoms. The third-order valence-electron chi connectivity index (χ3n) is 6.53. The van der Waals surface area contributed by atoms with E-state index in [1.54, 1.807) is 0 Å². The third-order valence-corrected chi connectivity index (χ3v) is 6.53. The summed E-state index contributed by atoms with van der Waals surface area (Å²) in [5, 5.41) is 20.8. The molecule has 1 aliphatic rings. The van der Waals surface area contributed by atoms with Crippen molar-refractivity contribution in [3.63, 3.8) is 0 Å². The molecule has 1 saturated heterocycles. The molecule has 2 amide bonds. The molecule has 0 radical (unpaired) electrons. The van der Waals surface area contributed by atoms with E-state index in [-0.39, 0.29) is 25.7 Å². The van der Waals surface area contributed by atoms with Gasteiger partial charge in [0, 0.05) is 13.1 Å². The number of rotatable bonds is 11. The molecule has 194 valence electrons. The number of carbonyl (C=O) groups excluding carboxylic acids is 2. The molecule has 1 unspecified atom stereocenters. The molecule has 3 aromatic carbocycles. The Kier molecular flexibility index (Phi) is 8.90. The average Bonchev–Trinajstić information content (AvgIpc) is 3.20. The van der Waals surface area contributed by atoms with Crippen molar-refractivity contribution in [3.8, 4) is 0 Å². The van der Waals surface area contributed by atoms with Crippen molar-refractivity contribution in [2.75, 3.05) is 13.7 Å². The Morgan fingerprint density at radius 3 is 1.81 bits per heavy atom. The van der Waals surface area contributed by atoms with Crippen molar-refractivity contribution in [1.29, 1.82) is 0 Å². The van der Waals surface area contributed by atoms with Crippen LogP contribution in [0.5, 0.6) is 0 Å². The van der Waals surface area contributed by atoms with Gasteiger partial charge in [0.2, 0.25) is 0 Å². The van der Waals surface area contributed by atoms with Gasteiger partial charge in [0.05, 0.1) is 26.4 Å². The van der Waals surface area contributed by atoms with E-state index in [0.717, 1.165) is 16.7 Å². The molecule has 8 heteroatoms. The van der Waals surface area contributed by atoms with E-state index >= 15 is 0 Å². The van der Waals surface area contributed by atoms with Crippen LogP contribution in [0.2, 0.25) is 0 Å². The van der Waals surface area contributed by atoms with Crippen molar-refractivity contribution < 1.29 is 29.3 Å². The number of amides is 2. The molecular weight excluding hydrogens is 472 g/mol. The highest BCUT2D eigenvalue weighted by Gasteiger charge is 2.54. The summed E-state index contributed by atoms with van der Waals surface area (Å²) in [5.41, 5.74) is 2.55. The Labute approximate surface area is 216 Å². The van der Waals surface area contributed by atoms with Crippen LogP contribution in [-0.2, 0) is 34.0 Å². The molecule has 2 N–H and O–H groups in total. The number of methoxy groups -OCH3 is 1. The van der Waals surface area contributed by atoms with Crippen molar-refractivity contribution in [2.45, 2.75) is 44.0 Å². The molecule has 3 aromatic rings. The van der Waals surface area contributed by atoms with Gasteiger partial charge in [-0.1, -0.05) is 91.0 Å². The van der Waals surface area contributed by atoms with Crippen molar-refractivity contribution in [2.24, 2.45) is 0 Å². The molecule has 8 nitrogen and oxygen atoms in total. The van der Waals surface area contributed by atoms with Crippen LogP contribution in [0.4, 0.5) is 4.79 Å². The Morgan fingerprint density at radius 1 is 0.838 bits per heavy atom. The van der Waals surface area contributed by atoms with Crippen LogP contribution in [0.1, 0.15) is 16.7 Å². The standard InChI is InChI=1S/C29H32N2O6/c1-36-28(34)26-25(27(24(33)19-32)37-20-23-15-9-4-10-16-23)30(17-21-11-5-2-6-12-21)29(35)31(26)18-22-13-7-3-8-14-22/h2-16,24-27,32-33H,17-20H2,1H3/t24?,25-,26-,27-/m0/s1. The summed E-state index contributed by atoms with van der Waals surface area (Å²) < 4.78 is 11.3. The lowest BCUT2D eigenvalue weighted by Gasteiger charge is -2.35. The van der Waals surface area contributed by atoms with Gasteiger partial charge in [0.15, 0.2) is 6.04 Å². The van der Waals surface area contributed by atoms with Crippen LogP contribution >= 0.6 is 0 Å². The second kappa shape index (κ2) is 12.5. The summed E-state index contributed by atoms with van der Waals surface area (Å²) in [5.74, 6) is -0.622. The van der Waals surface area contributed by atoms with Crippen LogP contribution in [0.25, 0.3) is 0 Å². The smallest absolute Gasteiger partial charge is 0.330 e. The largest absolute Gasteiger partial charge is 0.467 e. The van der Waals surface area contributed by atoms with E-state index < -0.39 is 36.9 Å². The number of urea groups is 1. The monoisotopic (exact) mass is 504 g/mol. The Bertz CT molecular complexity index is 1140. The normalized spacial score (nSPS) is 19.1. The highest BCUT2D eigenvalue weighted by molar-refractivity contribution is 5.88. The second-order valence-corrected chi connectivity index (χ2v) is 8.98. The first kappa shape index (κ1) is 26.3. The van der Waals surface area contributed by atoms with Crippen LogP contribution < -0.4 is 0 Å². The van der Waals surface area contributed by atoms with Gasteiger partial charge in [0.25, 0.3) is 0 Å². The lowest BCUT2D eigenvalue weighted by Crippen LogP contribution is -2.55. The predicted octanol–water partition coefficient (Wildman–Crippen LogP) is 2.97. The van der Waals surface area contributed by atoms with E-state index in [1.165, 1.54) is 16.9 Å². The summed E-state index contributed by atoms with van der Waals surface area (Å²) in [4.78, 5) is 30.1. The van der Waals surface area contributed by atoms with Gasteiger partial charge in [-0.3, -0.25) is 0 Å². The maximum Gasteiger partial charge on any atom is 0.330 e. The number of hydrogen-bond acceptors (Lipinski definition) is 6. The predicted molar refractivity (Wildman–Crippen MR) is 137 cm³/mol. The molecule has 1 aliphatic heterocycles. The summed E-state index contributed by atoms with van der Waals surface area (Å²) in [6.45, 7) is -0.122. The van der Waals surface area contributed by atoms with Crippen molar-refractivity contribution >= 4 is 12.0 Å². The van der Waals surface area contributed by atoms with Gasteiger partial charge >= 0.3 is 12.0 Å². The topological polar surface area (TPSA) is 99.5 Å². The molecule has 37 heavy (non-hydrogen) atoms. The lowest BCUT2D eigenvalue weighted by atomic mass is 9.96. The van der Waals surface area contributed by atoms with E-state index in [2.05, 4.69) is 0 Å². The SMILES string of the molecule is COC(=O)[C@@H]1[C@@H]([C@@H](OCc2ccccc2)C(O)CO)N(Cc2ccccc2)C(=O)N1Cc1ccccc1. The zero-order valence-electron chi connectivity index (χ0n) is 20.7. The van der Waals surface area contributed by atoms with Gasteiger partial charge in [-0.05, 0) is 16.7 Å². The number of nitrogens with zero attached hydrogens (tertiary/aromatic N) is 2. The summed E-state index contributed by atoms with van der Waals surface area (Å²) in [7, 11) is 1.27. The molecule has 1 heterocycles. The fourth-order valence-electron chi connectivity index (χ4n) is 4.72. The fraction of sp³-hybridized carbons (Fsp3) is 0.310. The Morgan fingerprint density at radius 2 is 1.32 bits per heavy atom. The molecule has 4 rings (SSSR count). The number of aliphatic hydroxyl groups excluding tert-OH is 2. The minimum Gasteiger partial charge on any atom is -0.467 e. The van der Waals surface area contributed by atoms with E-state index in [1.807, 2.05) is 91.0 Å². The van der Waals surface area contributed by atoms with Crippen molar-refractivity contribution in [3.05, 3.63) is 108 Å². The van der Waals surface area contributed by atoms with Crippen LogP contribution in [0, 0.1) is 0 Å². The molecule has 4 atom stereocenters. The third kappa shape index (κ3) is 6.17. The van der Waals surface area contributed by atoms with Crippen LogP contribution in [0.3, 0.4) is 0 Å². The zero-order chi connectivity index (χ0) is 26.2. The summed E-state index contributed by atoms with van der Waals surface area (Å²) >= 11 is 0. The molecule has 0 bridgehead atoms. The summed E-state index contributed by atoms with van der Waals surface area (Å²) in [6.07, 6.45) is -2.41. The van der Waals surface area contributed by atoms with Gasteiger partial charge < -0.3 is 29.5 Å². The number of aliphatic hydroxyl groups is 2. The van der Waals surface area contributed by atoms with Crippen LogP contribution in [0.15, 0.2) is 91.0 Å². The maximum absolute atomic E-state index is 13.9. The first-order valence-electron chi connectivity index (χ1n) is 12.2. The molecule has 0 saturated carbocycles. The van der Waals surface area contributed by atoms with Crippen LogP contribution in [-0.4, -0.2) is 70.0 Å². The molecule has 0 aromatic heterocycles. The molecule has 0 aliphatic carbocycles. The quantitative estimate of drug-likeness (QED) is 0.390. The number of benzene rings is 3. The van der Waals surface area contributed by atoms with E-state index in [4.69, 9.17) is 9.47 Å². The number of hydrogen-bond donors (Lipinski definition) is 2. The van der Waals surface area contributed by atoms with E-state index in [0.29, 0.717) is 0 Å². The Hall–Kier alpha value is -3.72.